The van der Waals surface area contributed by atoms with E-state index in [4.69, 9.17) is 0 Å². The maximum Gasteiger partial charge on any atom is 0.225 e. The Labute approximate surface area is 105 Å². The zero-order chi connectivity index (χ0) is 12.3. The molecule has 0 radical (unpaired) electrons. The van der Waals surface area contributed by atoms with Crippen molar-refractivity contribution in [1.82, 2.24) is 10.2 Å². The van der Waals surface area contributed by atoms with Gasteiger partial charge in [-0.15, -0.1) is 0 Å². The summed E-state index contributed by atoms with van der Waals surface area (Å²) in [6.45, 7) is 4.24. The number of hydrogen-bond donors (Lipinski definition) is 1. The third kappa shape index (κ3) is 3.01. The molecule has 1 aliphatic carbocycles. The smallest absolute Gasteiger partial charge is 0.225 e. The maximum atomic E-state index is 12.5. The van der Waals surface area contributed by atoms with E-state index in [1.807, 2.05) is 7.05 Å². The van der Waals surface area contributed by atoms with Crippen LogP contribution in [0, 0.1) is 11.8 Å². The average molecular weight is 238 g/mol. The van der Waals surface area contributed by atoms with Crippen molar-refractivity contribution in [2.75, 3.05) is 20.1 Å². The van der Waals surface area contributed by atoms with Crippen LogP contribution < -0.4 is 5.32 Å². The fourth-order valence-electron chi connectivity index (χ4n) is 3.32. The summed E-state index contributed by atoms with van der Waals surface area (Å²) in [7, 11) is 1.98. The number of carbonyl (C=O) groups is 1. The first-order valence-corrected chi connectivity index (χ1v) is 7.17. The van der Waals surface area contributed by atoms with Crippen LogP contribution in [0.2, 0.25) is 0 Å². The van der Waals surface area contributed by atoms with Crippen LogP contribution >= 0.6 is 0 Å². The quantitative estimate of drug-likeness (QED) is 0.816. The Bertz CT molecular complexity index is 259. The summed E-state index contributed by atoms with van der Waals surface area (Å²) in [5, 5.41) is 3.21. The molecular weight excluding hydrogens is 212 g/mol. The molecule has 17 heavy (non-hydrogen) atoms. The normalized spacial score (nSPS) is 34.0. The number of rotatable bonds is 3. The van der Waals surface area contributed by atoms with Crippen molar-refractivity contribution in [3.63, 3.8) is 0 Å². The number of hydrogen-bond acceptors (Lipinski definition) is 2. The summed E-state index contributed by atoms with van der Waals surface area (Å²) in [5.41, 5.74) is 0. The number of carbonyl (C=O) groups excluding carboxylic acids is 1. The van der Waals surface area contributed by atoms with Gasteiger partial charge in [-0.1, -0.05) is 6.92 Å². The van der Waals surface area contributed by atoms with Gasteiger partial charge in [0.25, 0.3) is 0 Å². The SMILES string of the molecule is CNCC1CCCN1C(=O)C1CCC(C)CC1. The third-order valence-electron chi connectivity index (χ3n) is 4.47. The van der Waals surface area contributed by atoms with Crippen molar-refractivity contribution in [3.05, 3.63) is 0 Å². The summed E-state index contributed by atoms with van der Waals surface area (Å²) in [6.07, 6.45) is 7.06. The van der Waals surface area contributed by atoms with Crippen LogP contribution in [0.1, 0.15) is 45.4 Å². The first-order valence-electron chi connectivity index (χ1n) is 7.17. The summed E-state index contributed by atoms with van der Waals surface area (Å²) in [6, 6.07) is 0.451. The molecule has 3 heteroatoms. The van der Waals surface area contributed by atoms with Gasteiger partial charge in [0.1, 0.15) is 0 Å². The number of likely N-dealkylation sites (N-methyl/N-ethyl adjacent to an activating group) is 1. The molecule has 1 atom stereocenters. The van der Waals surface area contributed by atoms with Crippen LogP contribution in [-0.2, 0) is 4.79 Å². The molecule has 1 amide bonds. The van der Waals surface area contributed by atoms with Crippen molar-refractivity contribution in [3.8, 4) is 0 Å². The lowest BCUT2D eigenvalue weighted by molar-refractivity contribution is -0.137. The lowest BCUT2D eigenvalue weighted by Gasteiger charge is -2.32. The van der Waals surface area contributed by atoms with Crippen LogP contribution in [0.3, 0.4) is 0 Å². The summed E-state index contributed by atoms with van der Waals surface area (Å²) in [4.78, 5) is 14.6. The molecule has 1 aliphatic heterocycles. The molecule has 0 aromatic rings. The topological polar surface area (TPSA) is 32.3 Å². The molecule has 0 spiro atoms. The van der Waals surface area contributed by atoms with Gasteiger partial charge in [-0.2, -0.15) is 0 Å². The fraction of sp³-hybridized carbons (Fsp3) is 0.929. The van der Waals surface area contributed by atoms with E-state index in [2.05, 4.69) is 17.1 Å². The van der Waals surface area contributed by atoms with Gasteiger partial charge in [0.15, 0.2) is 0 Å². The lowest BCUT2D eigenvalue weighted by Crippen LogP contribution is -2.44. The predicted molar refractivity (Wildman–Crippen MR) is 69.8 cm³/mol. The highest BCUT2D eigenvalue weighted by Crippen LogP contribution is 2.31. The van der Waals surface area contributed by atoms with E-state index in [0.29, 0.717) is 17.9 Å². The second-order valence-electron chi connectivity index (χ2n) is 5.84. The van der Waals surface area contributed by atoms with Gasteiger partial charge in [-0.05, 0) is 51.5 Å². The largest absolute Gasteiger partial charge is 0.338 e. The van der Waals surface area contributed by atoms with Gasteiger partial charge < -0.3 is 10.2 Å². The summed E-state index contributed by atoms with van der Waals surface area (Å²) in [5.74, 6) is 1.59. The van der Waals surface area contributed by atoms with Gasteiger partial charge >= 0.3 is 0 Å². The monoisotopic (exact) mass is 238 g/mol. The number of nitrogens with one attached hydrogen (secondary N) is 1. The molecule has 0 bridgehead atoms. The second kappa shape index (κ2) is 5.85. The first-order chi connectivity index (χ1) is 8.22. The van der Waals surface area contributed by atoms with Crippen LogP contribution in [-0.4, -0.2) is 37.0 Å². The highest BCUT2D eigenvalue weighted by Gasteiger charge is 2.33. The molecule has 1 unspecified atom stereocenters. The molecule has 2 rings (SSSR count). The van der Waals surface area contributed by atoms with Crippen LogP contribution in [0.5, 0.6) is 0 Å². The summed E-state index contributed by atoms with van der Waals surface area (Å²) >= 11 is 0. The molecule has 1 saturated carbocycles. The van der Waals surface area contributed by atoms with E-state index in [0.717, 1.165) is 31.8 Å². The van der Waals surface area contributed by atoms with Crippen molar-refractivity contribution < 1.29 is 4.79 Å². The van der Waals surface area contributed by atoms with Gasteiger partial charge in [-0.3, -0.25) is 4.79 Å². The fourth-order valence-corrected chi connectivity index (χ4v) is 3.32. The zero-order valence-corrected chi connectivity index (χ0v) is 11.2. The van der Waals surface area contributed by atoms with E-state index in [9.17, 15) is 4.79 Å². The Hall–Kier alpha value is -0.570. The molecule has 0 aromatic heterocycles. The first kappa shape index (κ1) is 12.9. The number of amides is 1. The second-order valence-corrected chi connectivity index (χ2v) is 5.84. The standard InChI is InChI=1S/C14H26N2O/c1-11-5-7-12(8-6-11)14(17)16-9-3-4-13(16)10-15-2/h11-13,15H,3-10H2,1-2H3. The minimum Gasteiger partial charge on any atom is -0.338 e. The van der Waals surface area contributed by atoms with Gasteiger partial charge in [0.2, 0.25) is 5.91 Å². The molecule has 2 fully saturated rings. The predicted octanol–water partition coefficient (Wildman–Crippen LogP) is 2.02. The Kier molecular flexibility index (Phi) is 4.43. The molecule has 1 saturated heterocycles. The van der Waals surface area contributed by atoms with Gasteiger partial charge in [-0.25, -0.2) is 0 Å². The van der Waals surface area contributed by atoms with Crippen LogP contribution in [0.15, 0.2) is 0 Å². The Balaban J connectivity index is 1.90. The van der Waals surface area contributed by atoms with Gasteiger partial charge in [0.05, 0.1) is 0 Å². The van der Waals surface area contributed by atoms with Crippen molar-refractivity contribution in [2.24, 2.45) is 11.8 Å². The average Bonchev–Trinajstić information content (AvgIpc) is 2.78. The van der Waals surface area contributed by atoms with Crippen molar-refractivity contribution >= 4 is 5.91 Å². The van der Waals surface area contributed by atoms with Crippen molar-refractivity contribution in [1.29, 1.82) is 0 Å². The Morgan fingerprint density at radius 1 is 1.24 bits per heavy atom. The highest BCUT2D eigenvalue weighted by atomic mass is 16.2. The lowest BCUT2D eigenvalue weighted by atomic mass is 9.82. The minimum atomic E-state index is 0.323. The molecule has 3 nitrogen and oxygen atoms in total. The van der Waals surface area contributed by atoms with Crippen LogP contribution in [0.4, 0.5) is 0 Å². The van der Waals surface area contributed by atoms with Crippen molar-refractivity contribution in [2.45, 2.75) is 51.5 Å². The van der Waals surface area contributed by atoms with Gasteiger partial charge in [0, 0.05) is 25.0 Å². The highest BCUT2D eigenvalue weighted by molar-refractivity contribution is 5.79. The van der Waals surface area contributed by atoms with E-state index < -0.39 is 0 Å². The molecule has 98 valence electrons. The number of nitrogens with zero attached hydrogens (tertiary/aromatic N) is 1. The third-order valence-corrected chi connectivity index (χ3v) is 4.47. The Morgan fingerprint density at radius 3 is 2.59 bits per heavy atom. The summed E-state index contributed by atoms with van der Waals surface area (Å²) < 4.78 is 0. The zero-order valence-electron chi connectivity index (χ0n) is 11.2. The Morgan fingerprint density at radius 2 is 1.94 bits per heavy atom. The molecular formula is C14H26N2O. The van der Waals surface area contributed by atoms with E-state index in [1.165, 1.54) is 25.7 Å². The molecule has 1 N–H and O–H groups in total. The van der Waals surface area contributed by atoms with E-state index >= 15 is 0 Å². The molecule has 2 aliphatic rings. The van der Waals surface area contributed by atoms with E-state index in [1.54, 1.807) is 0 Å². The molecule has 0 aromatic carbocycles. The minimum absolute atomic E-state index is 0.323. The van der Waals surface area contributed by atoms with E-state index in [-0.39, 0.29) is 0 Å². The van der Waals surface area contributed by atoms with Crippen LogP contribution in [0.25, 0.3) is 0 Å². The number of likely N-dealkylation sites (tertiary alicyclic amines) is 1. The maximum absolute atomic E-state index is 12.5. The molecule has 1 heterocycles.